The molecule has 5 nitrogen and oxygen atoms in total. The monoisotopic (exact) mass is 299 g/mol. The second kappa shape index (κ2) is 6.43. The Kier molecular flexibility index (Phi) is 4.86. The van der Waals surface area contributed by atoms with Crippen molar-refractivity contribution in [3.63, 3.8) is 0 Å². The number of nitrogens with one attached hydrogen (secondary N) is 1. The number of aliphatic hydroxyl groups excluding tert-OH is 2. The Hall–Kier alpha value is -1.30. The first-order valence-electron chi connectivity index (χ1n) is 6.48. The third kappa shape index (κ3) is 3.23. The fraction of sp³-hybridized carbons (Fsp3) is 0.500. The molecule has 1 amide bonds. The Morgan fingerprint density at radius 2 is 2.25 bits per heavy atom. The van der Waals surface area contributed by atoms with Crippen LogP contribution in [0.1, 0.15) is 23.2 Å². The SMILES string of the molecule is COc1ccc(Cl)cc1C(=O)N[C@H]1C[C@H](CO)[C@@H](O)C1. The number of carbonyl (C=O) groups excluding carboxylic acids is 1. The molecule has 3 atom stereocenters. The first kappa shape index (κ1) is 15.1. The van der Waals surface area contributed by atoms with Gasteiger partial charge in [-0.25, -0.2) is 0 Å². The van der Waals surface area contributed by atoms with Crippen LogP contribution in [-0.4, -0.2) is 42.0 Å². The molecular weight excluding hydrogens is 282 g/mol. The maximum Gasteiger partial charge on any atom is 0.255 e. The summed E-state index contributed by atoms with van der Waals surface area (Å²) in [5.41, 5.74) is 0.363. The van der Waals surface area contributed by atoms with Crippen molar-refractivity contribution in [2.24, 2.45) is 5.92 Å². The summed E-state index contributed by atoms with van der Waals surface area (Å²) in [6.07, 6.45) is 0.429. The van der Waals surface area contributed by atoms with Gasteiger partial charge in [0.25, 0.3) is 5.91 Å². The minimum absolute atomic E-state index is 0.0754. The van der Waals surface area contributed by atoms with Crippen molar-refractivity contribution >= 4 is 17.5 Å². The molecule has 6 heteroatoms. The first-order valence-corrected chi connectivity index (χ1v) is 6.86. The fourth-order valence-electron chi connectivity index (χ4n) is 2.54. The molecule has 0 bridgehead atoms. The second-order valence-corrected chi connectivity index (χ2v) is 5.43. The van der Waals surface area contributed by atoms with E-state index in [1.165, 1.54) is 7.11 Å². The Morgan fingerprint density at radius 1 is 1.50 bits per heavy atom. The highest BCUT2D eigenvalue weighted by Gasteiger charge is 2.33. The van der Waals surface area contributed by atoms with Crippen LogP contribution in [0, 0.1) is 5.92 Å². The van der Waals surface area contributed by atoms with Crippen LogP contribution in [0.5, 0.6) is 5.75 Å². The molecule has 1 saturated carbocycles. The first-order chi connectivity index (χ1) is 9.55. The molecule has 0 heterocycles. The van der Waals surface area contributed by atoms with Crippen molar-refractivity contribution in [2.45, 2.75) is 25.0 Å². The van der Waals surface area contributed by atoms with Gasteiger partial charge in [-0.2, -0.15) is 0 Å². The molecule has 2 rings (SSSR count). The molecular formula is C14H18ClNO4. The Morgan fingerprint density at radius 3 is 2.85 bits per heavy atom. The van der Waals surface area contributed by atoms with Crippen molar-refractivity contribution in [3.05, 3.63) is 28.8 Å². The number of carbonyl (C=O) groups is 1. The van der Waals surface area contributed by atoms with Gasteiger partial charge >= 0.3 is 0 Å². The Bertz CT molecular complexity index is 494. The van der Waals surface area contributed by atoms with Crippen LogP contribution in [0.25, 0.3) is 0 Å². The number of hydrogen-bond acceptors (Lipinski definition) is 4. The molecule has 1 aromatic rings. The van der Waals surface area contributed by atoms with E-state index >= 15 is 0 Å². The van der Waals surface area contributed by atoms with Crippen molar-refractivity contribution < 1.29 is 19.7 Å². The molecule has 0 unspecified atom stereocenters. The molecule has 110 valence electrons. The maximum atomic E-state index is 12.2. The summed E-state index contributed by atoms with van der Waals surface area (Å²) < 4.78 is 5.14. The zero-order chi connectivity index (χ0) is 14.7. The third-order valence-corrected chi connectivity index (χ3v) is 3.87. The normalized spacial score (nSPS) is 25.5. The van der Waals surface area contributed by atoms with E-state index in [1.807, 2.05) is 0 Å². The molecule has 20 heavy (non-hydrogen) atoms. The summed E-state index contributed by atoms with van der Waals surface area (Å²) in [5, 5.41) is 22.1. The zero-order valence-corrected chi connectivity index (χ0v) is 11.9. The molecule has 0 saturated heterocycles. The lowest BCUT2D eigenvalue weighted by Gasteiger charge is -2.14. The van der Waals surface area contributed by atoms with Gasteiger partial charge in [0, 0.05) is 23.6 Å². The molecule has 1 fully saturated rings. The number of methoxy groups -OCH3 is 1. The highest BCUT2D eigenvalue weighted by atomic mass is 35.5. The van der Waals surface area contributed by atoms with Crippen LogP contribution < -0.4 is 10.1 Å². The van der Waals surface area contributed by atoms with E-state index in [2.05, 4.69) is 5.32 Å². The van der Waals surface area contributed by atoms with Gasteiger partial charge in [0.05, 0.1) is 18.8 Å². The number of rotatable bonds is 4. The minimum Gasteiger partial charge on any atom is -0.496 e. The van der Waals surface area contributed by atoms with Gasteiger partial charge in [0.15, 0.2) is 0 Å². The van der Waals surface area contributed by atoms with Gasteiger partial charge in [-0.15, -0.1) is 0 Å². The van der Waals surface area contributed by atoms with Gasteiger partial charge in [0.1, 0.15) is 5.75 Å². The smallest absolute Gasteiger partial charge is 0.255 e. The van der Waals surface area contributed by atoms with Crippen molar-refractivity contribution in [3.8, 4) is 5.75 Å². The molecule has 0 radical (unpaired) electrons. The minimum atomic E-state index is -0.577. The topological polar surface area (TPSA) is 78.8 Å². The number of aliphatic hydroxyl groups is 2. The van der Waals surface area contributed by atoms with Crippen LogP contribution >= 0.6 is 11.6 Å². The maximum absolute atomic E-state index is 12.2. The predicted octanol–water partition coefficient (Wildman–Crippen LogP) is 1.21. The fourth-order valence-corrected chi connectivity index (χ4v) is 2.71. The lowest BCUT2D eigenvalue weighted by Crippen LogP contribution is -2.33. The van der Waals surface area contributed by atoms with Gasteiger partial charge in [-0.3, -0.25) is 4.79 Å². The molecule has 0 spiro atoms. The summed E-state index contributed by atoms with van der Waals surface area (Å²) in [6.45, 7) is -0.0754. The van der Waals surface area contributed by atoms with E-state index in [0.717, 1.165) is 0 Å². The highest BCUT2D eigenvalue weighted by molar-refractivity contribution is 6.31. The summed E-state index contributed by atoms with van der Waals surface area (Å²) in [6, 6.07) is 4.68. The summed E-state index contributed by atoms with van der Waals surface area (Å²) in [7, 11) is 1.49. The van der Waals surface area contributed by atoms with Crippen LogP contribution in [0.4, 0.5) is 0 Å². The summed E-state index contributed by atoms with van der Waals surface area (Å²) in [4.78, 5) is 12.2. The van der Waals surface area contributed by atoms with Crippen molar-refractivity contribution in [1.29, 1.82) is 0 Å². The molecule has 0 aromatic heterocycles. The number of ether oxygens (including phenoxy) is 1. The van der Waals surface area contributed by atoms with E-state index in [4.69, 9.17) is 21.4 Å². The summed E-state index contributed by atoms with van der Waals surface area (Å²) in [5.74, 6) is -0.0224. The lowest BCUT2D eigenvalue weighted by atomic mass is 10.1. The van der Waals surface area contributed by atoms with Crippen LogP contribution in [0.3, 0.4) is 0 Å². The molecule has 1 aromatic carbocycles. The van der Waals surface area contributed by atoms with Gasteiger partial charge in [0.2, 0.25) is 0 Å². The van der Waals surface area contributed by atoms with Crippen LogP contribution in [0.15, 0.2) is 18.2 Å². The molecule has 0 aliphatic heterocycles. The van der Waals surface area contributed by atoms with Gasteiger partial charge in [-0.1, -0.05) is 11.6 Å². The van der Waals surface area contributed by atoms with E-state index < -0.39 is 6.10 Å². The predicted molar refractivity (Wildman–Crippen MR) is 75.1 cm³/mol. The summed E-state index contributed by atoms with van der Waals surface area (Å²) >= 11 is 5.89. The average molecular weight is 300 g/mol. The quantitative estimate of drug-likeness (QED) is 0.781. The molecule has 3 N–H and O–H groups in total. The number of hydrogen-bond donors (Lipinski definition) is 3. The van der Waals surface area contributed by atoms with Gasteiger partial charge < -0.3 is 20.3 Å². The van der Waals surface area contributed by atoms with E-state index in [9.17, 15) is 9.90 Å². The third-order valence-electron chi connectivity index (χ3n) is 3.63. The molecule has 1 aliphatic carbocycles. The second-order valence-electron chi connectivity index (χ2n) is 5.00. The van der Waals surface area contributed by atoms with Crippen molar-refractivity contribution in [1.82, 2.24) is 5.32 Å². The van der Waals surface area contributed by atoms with Crippen LogP contribution in [-0.2, 0) is 0 Å². The number of halogens is 1. The molecule has 1 aliphatic rings. The van der Waals surface area contributed by atoms with E-state index in [1.54, 1.807) is 18.2 Å². The number of benzene rings is 1. The Labute approximate surface area is 122 Å². The lowest BCUT2D eigenvalue weighted by molar-refractivity contribution is 0.0903. The highest BCUT2D eigenvalue weighted by Crippen LogP contribution is 2.27. The van der Waals surface area contributed by atoms with E-state index in [0.29, 0.717) is 29.2 Å². The largest absolute Gasteiger partial charge is 0.496 e. The number of amides is 1. The van der Waals surface area contributed by atoms with E-state index in [-0.39, 0.29) is 24.5 Å². The van der Waals surface area contributed by atoms with Gasteiger partial charge in [-0.05, 0) is 31.0 Å². The van der Waals surface area contributed by atoms with Crippen LogP contribution in [0.2, 0.25) is 5.02 Å². The standard InChI is InChI=1S/C14H18ClNO4/c1-20-13-3-2-9(15)5-11(13)14(19)16-10-4-8(7-17)12(18)6-10/h2-3,5,8,10,12,17-18H,4,6-7H2,1H3,(H,16,19)/t8-,10+,12+/m1/s1. The zero-order valence-electron chi connectivity index (χ0n) is 11.2. The van der Waals surface area contributed by atoms with Crippen molar-refractivity contribution in [2.75, 3.05) is 13.7 Å². The average Bonchev–Trinajstić information content (AvgIpc) is 2.78. The Balaban J connectivity index is 2.07.